The number of benzene rings is 2. The first-order valence-corrected chi connectivity index (χ1v) is 5.14. The number of anilines is 3. The molecule has 2 rings (SSSR count). The second kappa shape index (κ2) is 8.53. The maximum Gasteiger partial charge on any atom is 0.195 e. The number of carbonyl (C=O) groups excluding carboxylic acids is 1. The van der Waals surface area contributed by atoms with Crippen LogP contribution in [-0.2, 0) is 0 Å². The third-order valence-corrected chi connectivity index (χ3v) is 2.60. The van der Waals surface area contributed by atoms with Gasteiger partial charge in [0.1, 0.15) is 0 Å². The van der Waals surface area contributed by atoms with Crippen molar-refractivity contribution in [2.75, 3.05) is 17.2 Å². The van der Waals surface area contributed by atoms with Crippen molar-refractivity contribution in [1.29, 1.82) is 0 Å². The van der Waals surface area contributed by atoms with E-state index in [1.54, 1.807) is 36.4 Å². The summed E-state index contributed by atoms with van der Waals surface area (Å²) in [4.78, 5) is 12.2. The summed E-state index contributed by atoms with van der Waals surface area (Å²) in [6.45, 7) is 0. The molecule has 20 heavy (non-hydrogen) atoms. The number of nitrogens with two attached hydrogens (primary N) is 3. The number of nitrogen functional groups attached to an aromatic ring is 3. The first-order chi connectivity index (χ1) is 8.11. The molecule has 0 amide bonds. The van der Waals surface area contributed by atoms with E-state index in [4.69, 9.17) is 17.2 Å². The summed E-state index contributed by atoms with van der Waals surface area (Å²) in [5.41, 5.74) is 18.9. The third kappa shape index (κ3) is 3.93. The molecule has 7 heteroatoms. The van der Waals surface area contributed by atoms with Crippen molar-refractivity contribution in [1.82, 2.24) is 0 Å². The van der Waals surface area contributed by atoms with E-state index in [1.807, 2.05) is 6.07 Å². The molecule has 4 nitrogen and oxygen atoms in total. The summed E-state index contributed by atoms with van der Waals surface area (Å²) in [6, 6.07) is 12.1. The SMILES string of the molecule is Cl.Cl.Cl.Nc1ccc(C(=O)c2ccccc2)c(N)c1N. The molecule has 0 aliphatic rings. The van der Waals surface area contributed by atoms with E-state index < -0.39 is 0 Å². The van der Waals surface area contributed by atoms with Gasteiger partial charge in [0, 0.05) is 11.1 Å². The summed E-state index contributed by atoms with van der Waals surface area (Å²) in [5, 5.41) is 0. The molecule has 0 radical (unpaired) electrons. The zero-order valence-corrected chi connectivity index (χ0v) is 12.9. The summed E-state index contributed by atoms with van der Waals surface area (Å²) < 4.78 is 0. The molecular formula is C13H16Cl3N3O. The molecule has 0 atom stereocenters. The topological polar surface area (TPSA) is 95.1 Å². The Balaban J connectivity index is 0. The van der Waals surface area contributed by atoms with Gasteiger partial charge >= 0.3 is 0 Å². The predicted molar refractivity (Wildman–Crippen MR) is 91.3 cm³/mol. The molecule has 6 N–H and O–H groups in total. The van der Waals surface area contributed by atoms with E-state index in [2.05, 4.69) is 0 Å². The maximum absolute atomic E-state index is 12.2. The van der Waals surface area contributed by atoms with Crippen molar-refractivity contribution in [3.63, 3.8) is 0 Å². The third-order valence-electron chi connectivity index (χ3n) is 2.60. The van der Waals surface area contributed by atoms with Gasteiger partial charge in [-0.15, -0.1) is 37.2 Å². The average molecular weight is 337 g/mol. The molecular weight excluding hydrogens is 321 g/mol. The van der Waals surface area contributed by atoms with Gasteiger partial charge in [0.2, 0.25) is 0 Å². The van der Waals surface area contributed by atoms with E-state index in [0.29, 0.717) is 16.8 Å². The largest absolute Gasteiger partial charge is 0.397 e. The number of rotatable bonds is 2. The molecule has 0 saturated carbocycles. The van der Waals surface area contributed by atoms with Crippen molar-refractivity contribution < 1.29 is 4.79 Å². The minimum atomic E-state index is -0.158. The molecule has 2 aromatic rings. The van der Waals surface area contributed by atoms with Crippen LogP contribution < -0.4 is 17.2 Å². The molecule has 0 unspecified atom stereocenters. The fraction of sp³-hybridized carbons (Fsp3) is 0. The molecule has 2 aromatic carbocycles. The highest BCUT2D eigenvalue weighted by Gasteiger charge is 2.14. The Kier molecular flexibility index (Phi) is 8.83. The first-order valence-electron chi connectivity index (χ1n) is 5.14. The van der Waals surface area contributed by atoms with Gasteiger partial charge in [0.15, 0.2) is 5.78 Å². The van der Waals surface area contributed by atoms with Crippen LogP contribution in [0.3, 0.4) is 0 Å². The highest BCUT2D eigenvalue weighted by Crippen LogP contribution is 2.27. The zero-order chi connectivity index (χ0) is 12.4. The monoisotopic (exact) mass is 335 g/mol. The fourth-order valence-electron chi connectivity index (χ4n) is 1.60. The highest BCUT2D eigenvalue weighted by atomic mass is 35.5. The van der Waals surface area contributed by atoms with E-state index in [1.165, 1.54) is 0 Å². The standard InChI is InChI=1S/C13H13N3O.3ClH/c14-10-7-6-9(11(15)12(10)16)13(17)8-4-2-1-3-5-8;;;/h1-7H,14-16H2;3*1H. The minimum Gasteiger partial charge on any atom is -0.397 e. The summed E-state index contributed by atoms with van der Waals surface area (Å²) >= 11 is 0. The van der Waals surface area contributed by atoms with Crippen LogP contribution in [0.5, 0.6) is 0 Å². The Bertz CT molecular complexity index is 577. The molecule has 0 heterocycles. The molecule has 110 valence electrons. The van der Waals surface area contributed by atoms with Gasteiger partial charge < -0.3 is 17.2 Å². The van der Waals surface area contributed by atoms with Gasteiger partial charge in [0.25, 0.3) is 0 Å². The summed E-state index contributed by atoms with van der Waals surface area (Å²) in [5.74, 6) is -0.158. The average Bonchev–Trinajstić information content (AvgIpc) is 2.36. The molecule has 0 bridgehead atoms. The lowest BCUT2D eigenvalue weighted by Gasteiger charge is -2.09. The van der Waals surface area contributed by atoms with Gasteiger partial charge in [-0.1, -0.05) is 30.3 Å². The quantitative estimate of drug-likeness (QED) is 0.580. The number of ketones is 1. The van der Waals surface area contributed by atoms with Crippen molar-refractivity contribution in [3.8, 4) is 0 Å². The van der Waals surface area contributed by atoms with Crippen molar-refractivity contribution in [2.24, 2.45) is 0 Å². The number of carbonyl (C=O) groups is 1. The number of hydrogen-bond donors (Lipinski definition) is 3. The lowest BCUT2D eigenvalue weighted by atomic mass is 10.0. The van der Waals surface area contributed by atoms with Crippen LogP contribution in [-0.4, -0.2) is 5.78 Å². The molecule has 0 aliphatic carbocycles. The maximum atomic E-state index is 12.2. The van der Waals surface area contributed by atoms with Crippen LogP contribution in [0.25, 0.3) is 0 Å². The van der Waals surface area contributed by atoms with Crippen LogP contribution in [0.1, 0.15) is 15.9 Å². The van der Waals surface area contributed by atoms with Crippen molar-refractivity contribution >= 4 is 60.1 Å². The highest BCUT2D eigenvalue weighted by molar-refractivity contribution is 6.14. The molecule has 0 spiro atoms. The molecule has 0 aliphatic heterocycles. The van der Waals surface area contributed by atoms with E-state index >= 15 is 0 Å². The second-order valence-corrected chi connectivity index (χ2v) is 3.72. The Labute approximate surface area is 135 Å². The predicted octanol–water partition coefficient (Wildman–Crippen LogP) is 2.93. The van der Waals surface area contributed by atoms with Crippen LogP contribution in [0.2, 0.25) is 0 Å². The van der Waals surface area contributed by atoms with Crippen LogP contribution in [0, 0.1) is 0 Å². The zero-order valence-electron chi connectivity index (χ0n) is 10.4. The lowest BCUT2D eigenvalue weighted by Crippen LogP contribution is -2.09. The van der Waals surface area contributed by atoms with E-state index in [9.17, 15) is 4.79 Å². The van der Waals surface area contributed by atoms with Gasteiger partial charge in [-0.25, -0.2) is 0 Å². The minimum absolute atomic E-state index is 0. The Hall–Kier alpha value is -1.62. The molecule has 0 saturated heterocycles. The van der Waals surface area contributed by atoms with Crippen molar-refractivity contribution in [3.05, 3.63) is 53.6 Å². The number of hydrogen-bond acceptors (Lipinski definition) is 4. The van der Waals surface area contributed by atoms with Gasteiger partial charge in [-0.3, -0.25) is 4.79 Å². The smallest absolute Gasteiger partial charge is 0.195 e. The summed E-state index contributed by atoms with van der Waals surface area (Å²) in [6.07, 6.45) is 0. The Morgan fingerprint density at radius 1 is 0.750 bits per heavy atom. The fourth-order valence-corrected chi connectivity index (χ4v) is 1.60. The van der Waals surface area contributed by atoms with Crippen LogP contribution in [0.15, 0.2) is 42.5 Å². The van der Waals surface area contributed by atoms with Gasteiger partial charge in [0.05, 0.1) is 17.1 Å². The van der Waals surface area contributed by atoms with Crippen LogP contribution >= 0.6 is 37.2 Å². The van der Waals surface area contributed by atoms with Gasteiger partial charge in [-0.05, 0) is 12.1 Å². The van der Waals surface area contributed by atoms with Gasteiger partial charge in [-0.2, -0.15) is 0 Å². The van der Waals surface area contributed by atoms with Crippen molar-refractivity contribution in [2.45, 2.75) is 0 Å². The Morgan fingerprint density at radius 3 is 1.85 bits per heavy atom. The number of halogens is 3. The normalized spacial score (nSPS) is 8.60. The Morgan fingerprint density at radius 2 is 1.30 bits per heavy atom. The van der Waals surface area contributed by atoms with E-state index in [0.717, 1.165) is 0 Å². The lowest BCUT2D eigenvalue weighted by molar-refractivity contribution is 0.103. The summed E-state index contributed by atoms with van der Waals surface area (Å²) in [7, 11) is 0. The first kappa shape index (κ1) is 20.7. The van der Waals surface area contributed by atoms with E-state index in [-0.39, 0.29) is 54.4 Å². The van der Waals surface area contributed by atoms with Crippen LogP contribution in [0.4, 0.5) is 17.1 Å². The molecule has 0 fully saturated rings. The molecule has 0 aromatic heterocycles. The second-order valence-electron chi connectivity index (χ2n) is 3.72.